The van der Waals surface area contributed by atoms with Crippen molar-refractivity contribution >= 4 is 21.6 Å². The second-order valence-electron chi connectivity index (χ2n) is 6.89. The molecule has 0 unspecified atom stereocenters. The van der Waals surface area contributed by atoms with Gasteiger partial charge in [0.05, 0.1) is 10.9 Å². The fraction of sp³-hybridized carbons (Fsp3) is 0.300. The van der Waals surface area contributed by atoms with E-state index in [4.69, 9.17) is 16.1 Å². The maximum absolute atomic E-state index is 12.8. The van der Waals surface area contributed by atoms with Crippen molar-refractivity contribution in [3.8, 4) is 11.4 Å². The summed E-state index contributed by atoms with van der Waals surface area (Å²) in [7, 11) is -3.53. The van der Waals surface area contributed by atoms with Gasteiger partial charge in [-0.3, -0.25) is 4.90 Å². The second-order valence-corrected chi connectivity index (χ2v) is 9.27. The lowest BCUT2D eigenvalue weighted by Gasteiger charge is -2.36. The third-order valence-electron chi connectivity index (χ3n) is 5.10. The van der Waals surface area contributed by atoms with Gasteiger partial charge in [-0.2, -0.15) is 9.29 Å². The van der Waals surface area contributed by atoms with Crippen LogP contribution >= 0.6 is 11.6 Å². The van der Waals surface area contributed by atoms with Crippen molar-refractivity contribution in [3.05, 3.63) is 65.5 Å². The van der Waals surface area contributed by atoms with Gasteiger partial charge in [0.15, 0.2) is 0 Å². The molecule has 0 spiro atoms. The molecule has 0 saturated carbocycles. The summed E-state index contributed by atoms with van der Waals surface area (Å²) < 4.78 is 32.6. The van der Waals surface area contributed by atoms with Gasteiger partial charge in [0.25, 0.3) is 0 Å². The first-order valence-electron chi connectivity index (χ1n) is 9.34. The fourth-order valence-corrected chi connectivity index (χ4v) is 4.90. The van der Waals surface area contributed by atoms with E-state index in [1.165, 1.54) is 16.4 Å². The summed E-state index contributed by atoms with van der Waals surface area (Å²) in [5, 5.41) is 4.58. The molecule has 1 fully saturated rings. The Bertz CT molecular complexity index is 1060. The molecule has 1 aliphatic heterocycles. The third-order valence-corrected chi connectivity index (χ3v) is 7.27. The molecule has 0 N–H and O–H groups in total. The average molecular weight is 433 g/mol. The highest BCUT2D eigenvalue weighted by Crippen LogP contribution is 2.25. The highest BCUT2D eigenvalue weighted by atomic mass is 35.5. The number of hydrogen-bond acceptors (Lipinski definition) is 6. The van der Waals surface area contributed by atoms with Crippen molar-refractivity contribution in [2.45, 2.75) is 17.9 Å². The first-order chi connectivity index (χ1) is 13.9. The Hall–Kier alpha value is -2.26. The summed E-state index contributed by atoms with van der Waals surface area (Å²) in [6.45, 7) is 3.95. The van der Waals surface area contributed by atoms with Crippen LogP contribution in [0.3, 0.4) is 0 Å². The van der Waals surface area contributed by atoms with Gasteiger partial charge in [0, 0.05) is 36.8 Å². The van der Waals surface area contributed by atoms with Crippen molar-refractivity contribution in [1.82, 2.24) is 19.3 Å². The predicted octanol–water partition coefficient (Wildman–Crippen LogP) is 3.46. The van der Waals surface area contributed by atoms with Gasteiger partial charge in [0.1, 0.15) is 0 Å². The highest BCUT2D eigenvalue weighted by Gasteiger charge is 2.31. The molecule has 2 heterocycles. The van der Waals surface area contributed by atoms with Crippen LogP contribution in [-0.2, 0) is 10.0 Å². The molecule has 0 radical (unpaired) electrons. The molecule has 2 aromatic carbocycles. The SMILES string of the molecule is C[C@H](c1nc(-c2ccccc2)no1)N1CCN(S(=O)(=O)c2ccc(Cl)cc2)CC1. The van der Waals surface area contributed by atoms with E-state index in [1.807, 2.05) is 37.3 Å². The van der Waals surface area contributed by atoms with E-state index < -0.39 is 10.0 Å². The zero-order valence-corrected chi connectivity index (χ0v) is 17.5. The zero-order valence-electron chi connectivity index (χ0n) is 15.9. The Morgan fingerprint density at radius 2 is 1.66 bits per heavy atom. The average Bonchev–Trinajstić information content (AvgIpc) is 3.24. The number of halogens is 1. The zero-order chi connectivity index (χ0) is 20.4. The minimum atomic E-state index is -3.53. The topological polar surface area (TPSA) is 79.5 Å². The number of nitrogens with zero attached hydrogens (tertiary/aromatic N) is 4. The Kier molecular flexibility index (Phi) is 5.69. The molecule has 1 aromatic heterocycles. The summed E-state index contributed by atoms with van der Waals surface area (Å²) >= 11 is 5.87. The summed E-state index contributed by atoms with van der Waals surface area (Å²) in [4.78, 5) is 6.92. The molecule has 3 aromatic rings. The predicted molar refractivity (Wildman–Crippen MR) is 110 cm³/mol. The Morgan fingerprint density at radius 3 is 2.31 bits per heavy atom. The number of rotatable bonds is 5. The minimum Gasteiger partial charge on any atom is -0.337 e. The lowest BCUT2D eigenvalue weighted by atomic mass is 10.2. The van der Waals surface area contributed by atoms with Crippen molar-refractivity contribution in [3.63, 3.8) is 0 Å². The van der Waals surface area contributed by atoms with Crippen LogP contribution in [0.2, 0.25) is 5.02 Å². The molecule has 0 bridgehead atoms. The maximum atomic E-state index is 12.8. The molecular weight excluding hydrogens is 412 g/mol. The summed E-state index contributed by atoms with van der Waals surface area (Å²) in [5.74, 6) is 1.08. The molecule has 0 amide bonds. The summed E-state index contributed by atoms with van der Waals surface area (Å²) in [6, 6.07) is 15.8. The monoisotopic (exact) mass is 432 g/mol. The number of aromatic nitrogens is 2. The van der Waals surface area contributed by atoms with Gasteiger partial charge < -0.3 is 4.52 Å². The van der Waals surface area contributed by atoms with Crippen molar-refractivity contribution in [2.24, 2.45) is 0 Å². The van der Waals surface area contributed by atoms with Crippen LogP contribution in [0.4, 0.5) is 0 Å². The summed E-state index contributed by atoms with van der Waals surface area (Å²) in [5.41, 5.74) is 0.897. The van der Waals surface area contributed by atoms with Gasteiger partial charge in [-0.05, 0) is 31.2 Å². The van der Waals surface area contributed by atoms with E-state index in [9.17, 15) is 8.42 Å². The molecule has 4 rings (SSSR count). The van der Waals surface area contributed by atoms with Crippen molar-refractivity contribution in [1.29, 1.82) is 0 Å². The Balaban J connectivity index is 1.42. The quantitative estimate of drug-likeness (QED) is 0.614. The fourth-order valence-electron chi connectivity index (χ4n) is 3.35. The normalized spacial score (nSPS) is 17.3. The standard InChI is InChI=1S/C20H21ClN4O3S/c1-15(20-22-19(23-28-20)16-5-3-2-4-6-16)24-11-13-25(14-12-24)29(26,27)18-9-7-17(21)8-10-18/h2-10,15H,11-14H2,1H3/t15-/m1/s1. The maximum Gasteiger partial charge on any atom is 0.244 e. The molecule has 9 heteroatoms. The lowest BCUT2D eigenvalue weighted by Crippen LogP contribution is -2.49. The van der Waals surface area contributed by atoms with Gasteiger partial charge >= 0.3 is 0 Å². The molecule has 29 heavy (non-hydrogen) atoms. The number of benzene rings is 2. The summed E-state index contributed by atoms with van der Waals surface area (Å²) in [6.07, 6.45) is 0. The molecule has 1 saturated heterocycles. The van der Waals surface area contributed by atoms with Crippen LogP contribution in [0.25, 0.3) is 11.4 Å². The van der Waals surface area contributed by atoms with Crippen LogP contribution in [-0.4, -0.2) is 53.9 Å². The van der Waals surface area contributed by atoms with E-state index in [-0.39, 0.29) is 10.9 Å². The molecule has 1 aliphatic rings. The van der Waals surface area contributed by atoms with Crippen LogP contribution < -0.4 is 0 Å². The van der Waals surface area contributed by atoms with Gasteiger partial charge in [-0.1, -0.05) is 47.1 Å². The number of hydrogen-bond donors (Lipinski definition) is 0. The molecule has 0 aliphatic carbocycles. The van der Waals surface area contributed by atoms with Gasteiger partial charge in [0.2, 0.25) is 21.7 Å². The number of piperazine rings is 1. The van der Waals surface area contributed by atoms with E-state index in [1.54, 1.807) is 12.1 Å². The van der Waals surface area contributed by atoms with Crippen molar-refractivity contribution in [2.75, 3.05) is 26.2 Å². The van der Waals surface area contributed by atoms with E-state index in [0.29, 0.717) is 42.9 Å². The van der Waals surface area contributed by atoms with Gasteiger partial charge in [-0.25, -0.2) is 8.42 Å². The van der Waals surface area contributed by atoms with E-state index in [0.717, 1.165) is 5.56 Å². The van der Waals surface area contributed by atoms with Crippen LogP contribution in [0.1, 0.15) is 18.9 Å². The largest absolute Gasteiger partial charge is 0.337 e. The minimum absolute atomic E-state index is 0.0969. The van der Waals surface area contributed by atoms with E-state index >= 15 is 0 Å². The van der Waals surface area contributed by atoms with E-state index in [2.05, 4.69) is 15.0 Å². The second kappa shape index (κ2) is 8.23. The molecule has 1 atom stereocenters. The third kappa shape index (κ3) is 4.20. The lowest BCUT2D eigenvalue weighted by molar-refractivity contribution is 0.124. The Morgan fingerprint density at radius 1 is 1.00 bits per heavy atom. The molecule has 152 valence electrons. The highest BCUT2D eigenvalue weighted by molar-refractivity contribution is 7.89. The molecular formula is C20H21ClN4O3S. The smallest absolute Gasteiger partial charge is 0.244 e. The molecule has 7 nitrogen and oxygen atoms in total. The van der Waals surface area contributed by atoms with Crippen LogP contribution in [0.5, 0.6) is 0 Å². The Labute approximate surface area is 174 Å². The van der Waals surface area contributed by atoms with Crippen LogP contribution in [0, 0.1) is 0 Å². The van der Waals surface area contributed by atoms with Gasteiger partial charge in [-0.15, -0.1) is 0 Å². The van der Waals surface area contributed by atoms with Crippen LogP contribution in [0.15, 0.2) is 64.0 Å². The number of sulfonamides is 1. The van der Waals surface area contributed by atoms with Crippen molar-refractivity contribution < 1.29 is 12.9 Å². The first kappa shape index (κ1) is 20.0. The first-order valence-corrected chi connectivity index (χ1v) is 11.2.